The van der Waals surface area contributed by atoms with Crippen LogP contribution < -0.4 is 10.1 Å². The molecule has 1 aromatic heterocycles. The first-order valence-electron chi connectivity index (χ1n) is 6.55. The van der Waals surface area contributed by atoms with Crippen molar-refractivity contribution in [3.63, 3.8) is 0 Å². The molecule has 1 N–H and O–H groups in total. The van der Waals surface area contributed by atoms with Gasteiger partial charge >= 0.3 is 0 Å². The standard InChI is InChI=1S/C15H16N2O3S2/c1-10(18)11-3-4-13(20-2)12(7-11)8-21-9-14(19)17-15-16-5-6-22-15/h3-7H,8-9H2,1-2H3,(H,16,17,19). The number of methoxy groups -OCH3 is 1. The lowest BCUT2D eigenvalue weighted by atomic mass is 10.1. The van der Waals surface area contributed by atoms with Crippen LogP contribution in [0.15, 0.2) is 29.8 Å². The second kappa shape index (κ2) is 7.95. The molecular formula is C15H16N2O3S2. The van der Waals surface area contributed by atoms with Crippen molar-refractivity contribution >= 4 is 39.9 Å². The highest BCUT2D eigenvalue weighted by Gasteiger charge is 2.09. The van der Waals surface area contributed by atoms with Crippen LogP contribution >= 0.6 is 23.1 Å². The molecule has 2 aromatic rings. The summed E-state index contributed by atoms with van der Waals surface area (Å²) in [6.07, 6.45) is 1.64. The Morgan fingerprint density at radius 3 is 2.86 bits per heavy atom. The Balaban J connectivity index is 1.91. The van der Waals surface area contributed by atoms with Gasteiger partial charge < -0.3 is 10.1 Å². The SMILES string of the molecule is COc1ccc(C(C)=O)cc1CSCC(=O)Nc1nccs1. The van der Waals surface area contributed by atoms with Gasteiger partial charge in [-0.3, -0.25) is 9.59 Å². The minimum atomic E-state index is -0.0957. The highest BCUT2D eigenvalue weighted by molar-refractivity contribution is 7.99. The zero-order valence-corrected chi connectivity index (χ0v) is 13.9. The van der Waals surface area contributed by atoms with E-state index in [1.54, 1.807) is 30.8 Å². The third-order valence-corrected chi connectivity index (χ3v) is 4.53. The molecule has 7 heteroatoms. The Labute approximate surface area is 137 Å². The van der Waals surface area contributed by atoms with E-state index in [1.807, 2.05) is 6.07 Å². The fraction of sp³-hybridized carbons (Fsp3) is 0.267. The number of Topliss-reactive ketones (excluding diaryl/α,β-unsaturated/α-hetero) is 1. The number of nitrogens with one attached hydrogen (secondary N) is 1. The van der Waals surface area contributed by atoms with E-state index in [9.17, 15) is 9.59 Å². The molecule has 0 spiro atoms. The monoisotopic (exact) mass is 336 g/mol. The lowest BCUT2D eigenvalue weighted by molar-refractivity contribution is -0.113. The third kappa shape index (κ3) is 4.57. The van der Waals surface area contributed by atoms with Gasteiger partial charge in [-0.05, 0) is 25.1 Å². The maximum Gasteiger partial charge on any atom is 0.236 e. The van der Waals surface area contributed by atoms with Crippen LogP contribution in [-0.2, 0) is 10.5 Å². The van der Waals surface area contributed by atoms with E-state index in [2.05, 4.69) is 10.3 Å². The van der Waals surface area contributed by atoms with Gasteiger partial charge in [0.2, 0.25) is 5.91 Å². The fourth-order valence-corrected chi connectivity index (χ4v) is 3.15. The molecule has 0 radical (unpaired) electrons. The molecule has 5 nitrogen and oxygen atoms in total. The van der Waals surface area contributed by atoms with Gasteiger partial charge in [-0.25, -0.2) is 4.98 Å². The molecule has 0 atom stereocenters. The molecule has 1 heterocycles. The van der Waals surface area contributed by atoms with Crippen molar-refractivity contribution < 1.29 is 14.3 Å². The van der Waals surface area contributed by atoms with E-state index in [4.69, 9.17) is 4.74 Å². The summed E-state index contributed by atoms with van der Waals surface area (Å²) in [7, 11) is 1.59. The molecule has 0 fully saturated rings. The number of thiazole rings is 1. The number of thioether (sulfide) groups is 1. The number of hydrogen-bond donors (Lipinski definition) is 1. The topological polar surface area (TPSA) is 68.3 Å². The van der Waals surface area contributed by atoms with Crippen molar-refractivity contribution in [3.8, 4) is 5.75 Å². The van der Waals surface area contributed by atoms with Gasteiger partial charge in [0.1, 0.15) is 5.75 Å². The van der Waals surface area contributed by atoms with Crippen molar-refractivity contribution in [2.75, 3.05) is 18.2 Å². The third-order valence-electron chi connectivity index (χ3n) is 2.86. The maximum absolute atomic E-state index is 11.8. The van der Waals surface area contributed by atoms with Crippen molar-refractivity contribution in [3.05, 3.63) is 40.9 Å². The van der Waals surface area contributed by atoms with Gasteiger partial charge in [0.05, 0.1) is 12.9 Å². The van der Waals surface area contributed by atoms with Crippen LogP contribution in [0.2, 0.25) is 0 Å². The van der Waals surface area contributed by atoms with E-state index < -0.39 is 0 Å². The van der Waals surface area contributed by atoms with Crippen LogP contribution in [0, 0.1) is 0 Å². The van der Waals surface area contributed by atoms with Crippen LogP contribution in [0.5, 0.6) is 5.75 Å². The largest absolute Gasteiger partial charge is 0.496 e. The molecule has 0 saturated heterocycles. The molecule has 1 amide bonds. The zero-order chi connectivity index (χ0) is 15.9. The average molecular weight is 336 g/mol. The summed E-state index contributed by atoms with van der Waals surface area (Å²) >= 11 is 2.84. The highest BCUT2D eigenvalue weighted by Crippen LogP contribution is 2.25. The highest BCUT2D eigenvalue weighted by atomic mass is 32.2. The predicted molar refractivity (Wildman–Crippen MR) is 89.9 cm³/mol. The predicted octanol–water partition coefficient (Wildman–Crippen LogP) is 3.23. The average Bonchev–Trinajstić information content (AvgIpc) is 2.99. The number of hydrogen-bond acceptors (Lipinski definition) is 6. The Morgan fingerprint density at radius 2 is 2.23 bits per heavy atom. The number of benzene rings is 1. The number of carbonyl (C=O) groups is 2. The summed E-state index contributed by atoms with van der Waals surface area (Å²) in [5.41, 5.74) is 1.55. The number of carbonyl (C=O) groups excluding carboxylic acids is 2. The molecule has 0 saturated carbocycles. The summed E-state index contributed by atoms with van der Waals surface area (Å²) in [4.78, 5) is 27.2. The summed E-state index contributed by atoms with van der Waals surface area (Å²) in [6.45, 7) is 1.53. The van der Waals surface area contributed by atoms with Crippen LogP contribution in [0.4, 0.5) is 5.13 Å². The minimum Gasteiger partial charge on any atom is -0.496 e. The summed E-state index contributed by atoms with van der Waals surface area (Å²) in [5, 5.41) is 5.13. The van der Waals surface area contributed by atoms with Gasteiger partial charge in [0.25, 0.3) is 0 Å². The zero-order valence-electron chi connectivity index (χ0n) is 12.3. The number of ketones is 1. The van der Waals surface area contributed by atoms with Gasteiger partial charge in [-0.15, -0.1) is 23.1 Å². The van der Waals surface area contributed by atoms with Crippen molar-refractivity contribution in [2.24, 2.45) is 0 Å². The van der Waals surface area contributed by atoms with Crippen molar-refractivity contribution in [1.29, 1.82) is 0 Å². The number of ether oxygens (including phenoxy) is 1. The smallest absolute Gasteiger partial charge is 0.236 e. The lowest BCUT2D eigenvalue weighted by Gasteiger charge is -2.09. The van der Waals surface area contributed by atoms with Crippen molar-refractivity contribution in [1.82, 2.24) is 4.98 Å². The van der Waals surface area contributed by atoms with Gasteiger partial charge in [-0.2, -0.15) is 0 Å². The quantitative estimate of drug-likeness (QED) is 0.786. The lowest BCUT2D eigenvalue weighted by Crippen LogP contribution is -2.13. The Morgan fingerprint density at radius 1 is 1.41 bits per heavy atom. The van der Waals surface area contributed by atoms with E-state index in [0.29, 0.717) is 22.2 Å². The second-order valence-electron chi connectivity index (χ2n) is 4.46. The van der Waals surface area contributed by atoms with Gasteiger partial charge in [0.15, 0.2) is 10.9 Å². The number of amides is 1. The summed E-state index contributed by atoms with van der Waals surface area (Å²) < 4.78 is 5.29. The van der Waals surface area contributed by atoms with Crippen LogP contribution in [0.25, 0.3) is 0 Å². The number of nitrogens with zero attached hydrogens (tertiary/aromatic N) is 1. The van der Waals surface area contributed by atoms with Crippen LogP contribution in [0.3, 0.4) is 0 Å². The molecule has 0 bridgehead atoms. The Kier molecular flexibility index (Phi) is 5.97. The molecule has 2 rings (SSSR count). The molecule has 116 valence electrons. The number of anilines is 1. The second-order valence-corrected chi connectivity index (χ2v) is 6.34. The molecule has 22 heavy (non-hydrogen) atoms. The molecule has 0 aliphatic rings. The van der Waals surface area contributed by atoms with E-state index in [-0.39, 0.29) is 11.7 Å². The first-order valence-corrected chi connectivity index (χ1v) is 8.58. The van der Waals surface area contributed by atoms with E-state index >= 15 is 0 Å². The fourth-order valence-electron chi connectivity index (χ4n) is 1.80. The summed E-state index contributed by atoms with van der Waals surface area (Å²) in [6, 6.07) is 5.33. The summed E-state index contributed by atoms with van der Waals surface area (Å²) in [5.74, 6) is 1.54. The van der Waals surface area contributed by atoms with Gasteiger partial charge in [0, 0.05) is 28.5 Å². The Hall–Kier alpha value is -1.86. The normalized spacial score (nSPS) is 10.3. The number of rotatable bonds is 7. The van der Waals surface area contributed by atoms with E-state index in [0.717, 1.165) is 11.3 Å². The first-order chi connectivity index (χ1) is 10.6. The maximum atomic E-state index is 11.8. The van der Waals surface area contributed by atoms with Crippen LogP contribution in [0.1, 0.15) is 22.8 Å². The molecule has 0 aliphatic carbocycles. The van der Waals surface area contributed by atoms with Gasteiger partial charge in [-0.1, -0.05) is 0 Å². The van der Waals surface area contributed by atoms with Crippen LogP contribution in [-0.4, -0.2) is 29.5 Å². The van der Waals surface area contributed by atoms with Crippen molar-refractivity contribution in [2.45, 2.75) is 12.7 Å². The Bertz CT molecular complexity index is 657. The minimum absolute atomic E-state index is 0.00964. The molecule has 1 aromatic carbocycles. The molecule has 0 aliphatic heterocycles. The first kappa shape index (κ1) is 16.5. The van der Waals surface area contributed by atoms with E-state index in [1.165, 1.54) is 30.0 Å². The molecular weight excluding hydrogens is 320 g/mol. The number of aromatic nitrogens is 1. The molecule has 0 unspecified atom stereocenters.